The zero-order chi connectivity index (χ0) is 19.4. The summed E-state index contributed by atoms with van der Waals surface area (Å²) in [4.78, 5) is 23.4. The van der Waals surface area contributed by atoms with Crippen molar-refractivity contribution in [1.29, 1.82) is 0 Å². The molecule has 0 aliphatic heterocycles. The average molecular weight is 390 g/mol. The molecule has 27 heavy (non-hydrogen) atoms. The highest BCUT2D eigenvalue weighted by Gasteiger charge is 2.25. The third kappa shape index (κ3) is 4.46. The van der Waals surface area contributed by atoms with E-state index in [2.05, 4.69) is 5.32 Å². The summed E-state index contributed by atoms with van der Waals surface area (Å²) in [6.07, 6.45) is 1.53. The molecule has 140 valence electrons. The van der Waals surface area contributed by atoms with Gasteiger partial charge in [0, 0.05) is 22.4 Å². The molecule has 2 aromatic rings. The SMILES string of the molecule is O=C(O)C1=C(C(=O)Nc2ccc(OCc3c(F)cccc3Cl)cc2)CCC1. The molecule has 3 rings (SSSR count). The van der Waals surface area contributed by atoms with E-state index in [1.165, 1.54) is 12.1 Å². The lowest BCUT2D eigenvalue weighted by Gasteiger charge is -2.10. The van der Waals surface area contributed by atoms with Crippen LogP contribution in [-0.4, -0.2) is 17.0 Å². The van der Waals surface area contributed by atoms with Gasteiger partial charge in [0.15, 0.2) is 0 Å². The minimum Gasteiger partial charge on any atom is -0.489 e. The molecule has 2 N–H and O–H groups in total. The van der Waals surface area contributed by atoms with Gasteiger partial charge in [-0.15, -0.1) is 0 Å². The fraction of sp³-hybridized carbons (Fsp3) is 0.200. The van der Waals surface area contributed by atoms with Gasteiger partial charge in [-0.25, -0.2) is 9.18 Å². The van der Waals surface area contributed by atoms with Gasteiger partial charge in [0.2, 0.25) is 0 Å². The average Bonchev–Trinajstić information content (AvgIpc) is 3.13. The van der Waals surface area contributed by atoms with E-state index in [-0.39, 0.29) is 22.8 Å². The van der Waals surface area contributed by atoms with E-state index in [4.69, 9.17) is 21.4 Å². The number of carbonyl (C=O) groups is 2. The highest BCUT2D eigenvalue weighted by molar-refractivity contribution is 6.31. The molecule has 0 unspecified atom stereocenters. The van der Waals surface area contributed by atoms with Gasteiger partial charge in [0.1, 0.15) is 18.2 Å². The maximum atomic E-state index is 13.7. The van der Waals surface area contributed by atoms with Crippen LogP contribution in [0.15, 0.2) is 53.6 Å². The Morgan fingerprint density at radius 2 is 1.81 bits per heavy atom. The largest absolute Gasteiger partial charge is 0.489 e. The number of rotatable bonds is 6. The summed E-state index contributed by atoms with van der Waals surface area (Å²) in [6, 6.07) is 10.9. The van der Waals surface area contributed by atoms with Crippen molar-refractivity contribution >= 4 is 29.2 Å². The Morgan fingerprint density at radius 1 is 1.11 bits per heavy atom. The van der Waals surface area contributed by atoms with E-state index in [9.17, 15) is 14.0 Å². The Kier molecular flexibility index (Phi) is 5.76. The second-order valence-electron chi connectivity index (χ2n) is 6.08. The number of anilines is 1. The zero-order valence-electron chi connectivity index (χ0n) is 14.3. The van der Waals surface area contributed by atoms with Crippen molar-refractivity contribution in [1.82, 2.24) is 0 Å². The van der Waals surface area contributed by atoms with Gasteiger partial charge >= 0.3 is 5.97 Å². The van der Waals surface area contributed by atoms with Gasteiger partial charge in [-0.2, -0.15) is 0 Å². The Balaban J connectivity index is 1.63. The second-order valence-corrected chi connectivity index (χ2v) is 6.49. The van der Waals surface area contributed by atoms with Crippen molar-refractivity contribution in [3.63, 3.8) is 0 Å². The van der Waals surface area contributed by atoms with Crippen LogP contribution in [0.2, 0.25) is 5.02 Å². The van der Waals surface area contributed by atoms with Gasteiger partial charge in [0.05, 0.1) is 5.02 Å². The van der Waals surface area contributed by atoms with Gasteiger partial charge < -0.3 is 15.2 Å². The molecule has 1 aliphatic carbocycles. The number of ether oxygens (including phenoxy) is 1. The van der Waals surface area contributed by atoms with Gasteiger partial charge in [-0.05, 0) is 55.7 Å². The van der Waals surface area contributed by atoms with Crippen LogP contribution in [-0.2, 0) is 16.2 Å². The van der Waals surface area contributed by atoms with Crippen LogP contribution in [0.5, 0.6) is 5.75 Å². The molecule has 5 nitrogen and oxygen atoms in total. The summed E-state index contributed by atoms with van der Waals surface area (Å²) < 4.78 is 19.3. The van der Waals surface area contributed by atoms with Gasteiger partial charge in [0.25, 0.3) is 5.91 Å². The first-order valence-electron chi connectivity index (χ1n) is 8.38. The van der Waals surface area contributed by atoms with Gasteiger partial charge in [-0.3, -0.25) is 4.79 Å². The number of amides is 1. The zero-order valence-corrected chi connectivity index (χ0v) is 15.1. The van der Waals surface area contributed by atoms with E-state index in [0.717, 1.165) is 0 Å². The maximum Gasteiger partial charge on any atom is 0.332 e. The standard InChI is InChI=1S/C20H17ClFNO4/c21-17-5-2-6-18(22)16(17)11-27-13-9-7-12(8-10-13)23-19(24)14-3-1-4-15(14)20(25)26/h2,5-10H,1,3-4,11H2,(H,23,24)(H,25,26). The Labute approximate surface area is 160 Å². The summed E-state index contributed by atoms with van der Waals surface area (Å²) >= 11 is 5.96. The number of carboxylic acid groups (broad SMARTS) is 1. The molecule has 0 fully saturated rings. The van der Waals surface area contributed by atoms with E-state index < -0.39 is 17.7 Å². The molecule has 2 aromatic carbocycles. The van der Waals surface area contributed by atoms with Crippen molar-refractivity contribution in [2.24, 2.45) is 0 Å². The third-order valence-corrected chi connectivity index (χ3v) is 4.66. The summed E-state index contributed by atoms with van der Waals surface area (Å²) in [5.74, 6) is -1.41. The van der Waals surface area contributed by atoms with E-state index in [1.54, 1.807) is 30.3 Å². The lowest BCUT2D eigenvalue weighted by Crippen LogP contribution is -2.16. The molecule has 0 heterocycles. The number of aliphatic carboxylic acids is 1. The number of benzene rings is 2. The Bertz CT molecular complexity index is 888. The smallest absolute Gasteiger partial charge is 0.332 e. The first kappa shape index (κ1) is 18.9. The first-order valence-corrected chi connectivity index (χ1v) is 8.76. The number of carboxylic acids is 1. The Morgan fingerprint density at radius 3 is 2.48 bits per heavy atom. The van der Waals surface area contributed by atoms with Crippen LogP contribution in [0.1, 0.15) is 24.8 Å². The molecule has 7 heteroatoms. The molecule has 0 spiro atoms. The van der Waals surface area contributed by atoms with Crippen LogP contribution in [0.4, 0.5) is 10.1 Å². The lowest BCUT2D eigenvalue weighted by molar-refractivity contribution is -0.133. The van der Waals surface area contributed by atoms with E-state index >= 15 is 0 Å². The molecule has 1 amide bonds. The summed E-state index contributed by atoms with van der Waals surface area (Å²) in [5, 5.41) is 12.1. The second kappa shape index (κ2) is 8.22. The van der Waals surface area contributed by atoms with E-state index in [1.807, 2.05) is 0 Å². The summed E-state index contributed by atoms with van der Waals surface area (Å²) in [5.41, 5.74) is 1.28. The number of halogens is 2. The highest BCUT2D eigenvalue weighted by atomic mass is 35.5. The number of nitrogens with one attached hydrogen (secondary N) is 1. The molecule has 0 atom stereocenters. The minimum absolute atomic E-state index is 0.0218. The molecule has 1 aliphatic rings. The van der Waals surface area contributed by atoms with Crippen molar-refractivity contribution in [3.8, 4) is 5.75 Å². The molecule has 0 saturated carbocycles. The highest BCUT2D eigenvalue weighted by Crippen LogP contribution is 2.28. The van der Waals surface area contributed by atoms with Crippen LogP contribution >= 0.6 is 11.6 Å². The number of hydrogen-bond donors (Lipinski definition) is 2. The molecule has 0 radical (unpaired) electrons. The van der Waals surface area contributed by atoms with Crippen molar-refractivity contribution in [3.05, 3.63) is 70.0 Å². The summed E-state index contributed by atoms with van der Waals surface area (Å²) in [6.45, 7) is -0.0218. The first-order chi connectivity index (χ1) is 13.0. The summed E-state index contributed by atoms with van der Waals surface area (Å²) in [7, 11) is 0. The lowest BCUT2D eigenvalue weighted by atomic mass is 10.1. The minimum atomic E-state index is -1.05. The topological polar surface area (TPSA) is 75.6 Å². The number of hydrogen-bond acceptors (Lipinski definition) is 3. The third-order valence-electron chi connectivity index (χ3n) is 4.31. The van der Waals surface area contributed by atoms with Crippen molar-refractivity contribution < 1.29 is 23.8 Å². The van der Waals surface area contributed by atoms with Crippen LogP contribution in [0.25, 0.3) is 0 Å². The maximum absolute atomic E-state index is 13.7. The van der Waals surface area contributed by atoms with Crippen molar-refractivity contribution in [2.45, 2.75) is 25.9 Å². The van der Waals surface area contributed by atoms with Crippen LogP contribution < -0.4 is 10.1 Å². The molecular formula is C20H17ClFNO4. The van der Waals surface area contributed by atoms with Gasteiger partial charge in [-0.1, -0.05) is 17.7 Å². The molecule has 0 aromatic heterocycles. The molecular weight excluding hydrogens is 373 g/mol. The fourth-order valence-electron chi connectivity index (χ4n) is 2.90. The molecule has 0 saturated heterocycles. The Hall–Kier alpha value is -2.86. The monoisotopic (exact) mass is 389 g/mol. The predicted molar refractivity (Wildman–Crippen MR) is 99.3 cm³/mol. The van der Waals surface area contributed by atoms with Crippen molar-refractivity contribution in [2.75, 3.05) is 5.32 Å². The normalized spacial score (nSPS) is 13.6. The predicted octanol–water partition coefficient (Wildman–Crippen LogP) is 4.56. The molecule has 0 bridgehead atoms. The van der Waals surface area contributed by atoms with Crippen LogP contribution in [0.3, 0.4) is 0 Å². The number of carbonyl (C=O) groups excluding carboxylic acids is 1. The quantitative estimate of drug-likeness (QED) is 0.759. The fourth-order valence-corrected chi connectivity index (χ4v) is 3.11. The van der Waals surface area contributed by atoms with E-state index in [0.29, 0.717) is 36.3 Å². The van der Waals surface area contributed by atoms with Crippen LogP contribution in [0, 0.1) is 5.82 Å².